The van der Waals surface area contributed by atoms with E-state index in [4.69, 9.17) is 28.2 Å². The molecule has 5 N–H and O–H groups in total. The van der Waals surface area contributed by atoms with E-state index >= 15 is 0 Å². The molecule has 0 bridgehead atoms. The standard InChI is InChI=1S/C34H46N4O8.C29H42N2O7.2CH4/c1-22-16-30(46-37-22)29(39)19-25(20-38-12-14-44-15-13-38)32(41)36-28(18-24-8-10-26(43-3)11-9-24)33(42)35-27(17-23-6-4-5-7-23)31(40)34(2)21-45-34;1-18(32)13-26(34)30-19(2)25(33)16-22(14-21-9-11-23(37-4)12-10-21)28(36)31-24(15-20-7-5-6-8-20)27(35)29(3)17-38-29;;/h8-11,16,23,25,27-28H,4-7,12-15,17-21H2,1-3H3,(H,35,42)(H,36,41);9-12,18-20,22,24,32H,5-8,13-17H2,1-4H3,(H,30,34)(H,31,36);2*1H4. The van der Waals surface area contributed by atoms with Crippen molar-refractivity contribution in [2.75, 3.05) is 60.3 Å². The van der Waals surface area contributed by atoms with Gasteiger partial charge in [-0.05, 0) is 101 Å². The van der Waals surface area contributed by atoms with Crippen molar-refractivity contribution < 1.29 is 71.7 Å². The lowest BCUT2D eigenvalue weighted by Crippen LogP contribution is -2.56. The predicted molar refractivity (Wildman–Crippen MR) is 322 cm³/mol. The molecule has 3 saturated heterocycles. The van der Waals surface area contributed by atoms with Crippen LogP contribution in [0.1, 0.15) is 153 Å². The van der Waals surface area contributed by atoms with Crippen molar-refractivity contribution in [2.24, 2.45) is 23.7 Å². The number of ketones is 4. The Labute approximate surface area is 507 Å². The van der Waals surface area contributed by atoms with Gasteiger partial charge in [-0.25, -0.2) is 0 Å². The van der Waals surface area contributed by atoms with Gasteiger partial charge in [0.05, 0.1) is 82.9 Å². The number of aromatic nitrogens is 1. The maximum atomic E-state index is 14.0. The molecule has 4 amide bonds. The van der Waals surface area contributed by atoms with E-state index in [1.807, 2.05) is 24.3 Å². The maximum Gasteiger partial charge on any atom is 0.243 e. The molecular formula is C65H96N6O15. The molecule has 21 heteroatoms. The summed E-state index contributed by atoms with van der Waals surface area (Å²) >= 11 is 0. The lowest BCUT2D eigenvalue weighted by molar-refractivity contribution is -0.134. The van der Waals surface area contributed by atoms with Crippen LogP contribution in [0.2, 0.25) is 0 Å². The average molecular weight is 1200 g/mol. The topological polar surface area (TPSA) is 287 Å². The monoisotopic (exact) mass is 1200 g/mol. The molecule has 476 valence electrons. The lowest BCUT2D eigenvalue weighted by Gasteiger charge is -2.31. The van der Waals surface area contributed by atoms with E-state index in [2.05, 4.69) is 31.3 Å². The van der Waals surface area contributed by atoms with Crippen LogP contribution >= 0.6 is 0 Å². The molecule has 9 atom stereocenters. The summed E-state index contributed by atoms with van der Waals surface area (Å²) in [5.74, 6) is -1.93. The third kappa shape index (κ3) is 21.2. The summed E-state index contributed by atoms with van der Waals surface area (Å²) in [4.78, 5) is 109. The molecule has 5 aliphatic rings. The molecule has 5 fully saturated rings. The minimum Gasteiger partial charge on any atom is -0.497 e. The van der Waals surface area contributed by atoms with Gasteiger partial charge in [-0.15, -0.1) is 0 Å². The van der Waals surface area contributed by atoms with E-state index < -0.39 is 71.0 Å². The number of carbonyl (C=O) groups excluding carboxylic acids is 8. The first-order valence-electron chi connectivity index (χ1n) is 29.9. The Morgan fingerprint density at radius 1 is 0.651 bits per heavy atom. The number of hydrogen-bond donors (Lipinski definition) is 5. The van der Waals surface area contributed by atoms with Crippen molar-refractivity contribution in [3.63, 3.8) is 0 Å². The van der Waals surface area contributed by atoms with Gasteiger partial charge in [0.15, 0.2) is 17.3 Å². The van der Waals surface area contributed by atoms with Crippen LogP contribution in [-0.4, -0.2) is 164 Å². The average Bonchev–Trinajstić information content (AvgIpc) is 4.25. The van der Waals surface area contributed by atoms with Gasteiger partial charge in [-0.3, -0.25) is 43.3 Å². The molecule has 1 aromatic heterocycles. The second-order valence-corrected chi connectivity index (χ2v) is 24.1. The number of ether oxygens (including phenoxy) is 5. The minimum atomic E-state index is -0.998. The molecule has 0 spiro atoms. The first-order valence-corrected chi connectivity index (χ1v) is 29.9. The zero-order chi connectivity index (χ0) is 60.6. The number of aliphatic hydroxyl groups is 1. The van der Waals surface area contributed by atoms with Crippen LogP contribution in [0.25, 0.3) is 0 Å². The number of epoxide rings is 2. The largest absolute Gasteiger partial charge is 0.497 e. The zero-order valence-electron chi connectivity index (χ0n) is 50.0. The Bertz CT molecular complexity index is 2700. The molecule has 2 aliphatic carbocycles. The highest BCUT2D eigenvalue weighted by molar-refractivity contribution is 6.00. The van der Waals surface area contributed by atoms with Crippen LogP contribution in [0, 0.1) is 30.6 Å². The number of hydrogen-bond acceptors (Lipinski definition) is 17. The number of nitrogens with one attached hydrogen (secondary N) is 4. The molecule has 8 rings (SSSR count). The fraction of sp³-hybridized carbons (Fsp3) is 0.646. The van der Waals surface area contributed by atoms with Crippen molar-refractivity contribution in [1.82, 2.24) is 31.3 Å². The summed E-state index contributed by atoms with van der Waals surface area (Å²) in [6.45, 7) is 11.6. The van der Waals surface area contributed by atoms with Crippen molar-refractivity contribution in [3.05, 3.63) is 77.2 Å². The van der Waals surface area contributed by atoms with Gasteiger partial charge in [0.1, 0.15) is 28.7 Å². The van der Waals surface area contributed by atoms with E-state index in [9.17, 15) is 43.5 Å². The first kappa shape index (κ1) is 70.4. The highest BCUT2D eigenvalue weighted by atomic mass is 16.6. The fourth-order valence-corrected chi connectivity index (χ4v) is 11.4. The van der Waals surface area contributed by atoms with E-state index in [1.165, 1.54) is 6.92 Å². The molecule has 0 radical (unpaired) electrons. The number of carbonyl (C=O) groups is 8. The second kappa shape index (κ2) is 33.1. The van der Waals surface area contributed by atoms with E-state index in [0.29, 0.717) is 87.9 Å². The van der Waals surface area contributed by atoms with Crippen molar-refractivity contribution in [1.29, 1.82) is 0 Å². The highest BCUT2D eigenvalue weighted by Gasteiger charge is 2.52. The quantitative estimate of drug-likeness (QED) is 0.0342. The number of aliphatic hydroxyl groups excluding tert-OH is 1. The second-order valence-electron chi connectivity index (χ2n) is 24.1. The Morgan fingerprint density at radius 2 is 1.12 bits per heavy atom. The van der Waals surface area contributed by atoms with Crippen molar-refractivity contribution in [2.45, 2.75) is 187 Å². The molecule has 86 heavy (non-hydrogen) atoms. The predicted octanol–water partition coefficient (Wildman–Crippen LogP) is 6.45. The van der Waals surface area contributed by atoms with Crippen LogP contribution in [0.3, 0.4) is 0 Å². The number of nitrogens with zero attached hydrogens (tertiary/aromatic N) is 2. The molecule has 21 nitrogen and oxygen atoms in total. The number of Topliss-reactive ketones (excluding diaryl/α,β-unsaturated/α-hetero) is 4. The zero-order valence-corrected chi connectivity index (χ0v) is 50.0. The van der Waals surface area contributed by atoms with E-state index in [-0.39, 0.29) is 81.8 Å². The normalized spacial score (nSPS) is 21.6. The molecule has 2 saturated carbocycles. The molecule has 9 unspecified atom stereocenters. The smallest absolute Gasteiger partial charge is 0.243 e. The third-order valence-corrected chi connectivity index (χ3v) is 16.9. The summed E-state index contributed by atoms with van der Waals surface area (Å²) in [5.41, 5.74) is 0.464. The van der Waals surface area contributed by atoms with Crippen LogP contribution in [0.5, 0.6) is 11.5 Å². The van der Waals surface area contributed by atoms with Gasteiger partial charge >= 0.3 is 0 Å². The summed E-state index contributed by atoms with van der Waals surface area (Å²) in [7, 11) is 3.15. The first-order chi connectivity index (χ1) is 40.1. The van der Waals surface area contributed by atoms with Gasteiger partial charge in [0.25, 0.3) is 0 Å². The summed E-state index contributed by atoms with van der Waals surface area (Å²) in [5, 5.41) is 24.8. The number of amides is 4. The van der Waals surface area contributed by atoms with Gasteiger partial charge in [-0.2, -0.15) is 0 Å². The molecule has 2 aromatic carbocycles. The Balaban J connectivity index is 0.000000312. The van der Waals surface area contributed by atoms with Crippen LogP contribution in [0.15, 0.2) is 59.1 Å². The molecule has 3 aromatic rings. The lowest BCUT2D eigenvalue weighted by atomic mass is 9.88. The van der Waals surface area contributed by atoms with Crippen LogP contribution in [0.4, 0.5) is 0 Å². The van der Waals surface area contributed by atoms with Crippen LogP contribution in [-0.2, 0) is 60.6 Å². The van der Waals surface area contributed by atoms with Gasteiger partial charge in [0, 0.05) is 50.9 Å². The van der Waals surface area contributed by atoms with Crippen LogP contribution < -0.4 is 30.7 Å². The minimum absolute atomic E-state index is 0. The van der Waals surface area contributed by atoms with Gasteiger partial charge in [0.2, 0.25) is 35.2 Å². The fourth-order valence-electron chi connectivity index (χ4n) is 11.4. The van der Waals surface area contributed by atoms with Gasteiger partial charge < -0.3 is 54.6 Å². The molecular weight excluding hydrogens is 1100 g/mol. The van der Waals surface area contributed by atoms with E-state index in [0.717, 1.165) is 62.5 Å². The summed E-state index contributed by atoms with van der Waals surface area (Å²) in [6.07, 6.45) is 9.00. The Kier molecular flexibility index (Phi) is 27.1. The van der Waals surface area contributed by atoms with Gasteiger partial charge in [-0.1, -0.05) is 95.6 Å². The summed E-state index contributed by atoms with van der Waals surface area (Å²) in [6, 6.07) is 12.9. The van der Waals surface area contributed by atoms with Crippen molar-refractivity contribution >= 4 is 46.8 Å². The Hall–Kier alpha value is -6.39. The molecule has 4 heterocycles. The summed E-state index contributed by atoms with van der Waals surface area (Å²) < 4.78 is 32.0. The number of aryl methyl sites for hydroxylation is 1. The van der Waals surface area contributed by atoms with Crippen molar-refractivity contribution in [3.8, 4) is 11.5 Å². The molecule has 3 aliphatic heterocycles. The number of morpholine rings is 1. The SMILES string of the molecule is C.C.COc1ccc(CC(CC(=O)C(C)NC(=O)CC(C)O)C(=O)NC(CC2CCCC2)C(=O)C2(C)CO2)cc1.COc1ccc(CC(NC(=O)C(CC(=O)c2cc(C)no2)CN2CCOCC2)C(=O)NC(CC2CCCC2)C(=O)C2(C)CO2)cc1. The number of benzene rings is 2. The number of rotatable bonds is 31. The maximum absolute atomic E-state index is 14.0. The Morgan fingerprint density at radius 3 is 1.57 bits per heavy atom. The number of methoxy groups -OCH3 is 2. The highest BCUT2D eigenvalue weighted by Crippen LogP contribution is 2.35. The van der Waals surface area contributed by atoms with E-state index in [1.54, 1.807) is 72.2 Å². The third-order valence-electron chi connectivity index (χ3n) is 16.9.